The van der Waals surface area contributed by atoms with Crippen LogP contribution in [0, 0.1) is 12.3 Å². The second-order valence-corrected chi connectivity index (χ2v) is 3.44. The molecule has 0 aliphatic rings. The van der Waals surface area contributed by atoms with Gasteiger partial charge in [0.05, 0.1) is 17.6 Å². The highest BCUT2D eigenvalue weighted by molar-refractivity contribution is 6.03. The number of aromatic nitrogens is 1. The first kappa shape index (κ1) is 11.0. The molecular weight excluding hydrogens is 216 g/mol. The van der Waals surface area contributed by atoms with Crippen molar-refractivity contribution < 1.29 is 9.90 Å². The highest BCUT2D eigenvalue weighted by atomic mass is 16.4. The van der Waals surface area contributed by atoms with E-state index in [0.717, 1.165) is 0 Å². The molecule has 2 rings (SSSR count). The summed E-state index contributed by atoms with van der Waals surface area (Å²) in [6.07, 6.45) is 5.13. The fraction of sp³-hybridized carbons (Fsp3) is 0.0769. The molecule has 0 saturated heterocycles. The van der Waals surface area contributed by atoms with Crippen LogP contribution in [0.3, 0.4) is 0 Å². The van der Waals surface area contributed by atoms with Crippen molar-refractivity contribution in [1.29, 1.82) is 0 Å². The zero-order valence-electron chi connectivity index (χ0n) is 8.97. The van der Waals surface area contributed by atoms with E-state index in [0.29, 0.717) is 23.3 Å². The summed E-state index contributed by atoms with van der Waals surface area (Å²) < 4.78 is 0. The van der Waals surface area contributed by atoms with Crippen LogP contribution < -0.4 is 5.32 Å². The molecule has 2 aromatic rings. The minimum atomic E-state index is -0.979. The van der Waals surface area contributed by atoms with E-state index >= 15 is 0 Å². The third-order valence-corrected chi connectivity index (χ3v) is 2.32. The van der Waals surface area contributed by atoms with Gasteiger partial charge in [-0.15, -0.1) is 6.42 Å². The number of hydrogen-bond acceptors (Lipinski definition) is 3. The van der Waals surface area contributed by atoms with E-state index in [1.807, 2.05) is 6.07 Å². The monoisotopic (exact) mass is 226 g/mol. The largest absolute Gasteiger partial charge is 0.478 e. The van der Waals surface area contributed by atoms with Crippen LogP contribution in [0.5, 0.6) is 0 Å². The first-order valence-electron chi connectivity index (χ1n) is 5.03. The Morgan fingerprint density at radius 2 is 2.24 bits per heavy atom. The van der Waals surface area contributed by atoms with Crippen molar-refractivity contribution in [2.24, 2.45) is 0 Å². The Morgan fingerprint density at radius 3 is 2.94 bits per heavy atom. The average molecular weight is 226 g/mol. The number of benzene rings is 1. The smallest absolute Gasteiger partial charge is 0.336 e. The highest BCUT2D eigenvalue weighted by Crippen LogP contribution is 2.20. The molecule has 0 radical (unpaired) electrons. The van der Waals surface area contributed by atoms with Crippen molar-refractivity contribution in [3.05, 3.63) is 35.9 Å². The molecule has 0 aliphatic heterocycles. The molecular formula is C13H10N2O2. The maximum absolute atomic E-state index is 11.1. The maximum Gasteiger partial charge on any atom is 0.336 e. The van der Waals surface area contributed by atoms with E-state index in [2.05, 4.69) is 16.2 Å². The molecule has 2 N–H and O–H groups in total. The van der Waals surface area contributed by atoms with Crippen LogP contribution in [0.15, 0.2) is 30.3 Å². The molecule has 0 atom stereocenters. The van der Waals surface area contributed by atoms with Crippen LogP contribution in [0.4, 0.5) is 5.82 Å². The molecule has 4 nitrogen and oxygen atoms in total. The van der Waals surface area contributed by atoms with Crippen molar-refractivity contribution in [2.45, 2.75) is 0 Å². The summed E-state index contributed by atoms with van der Waals surface area (Å²) in [7, 11) is 0. The molecule has 17 heavy (non-hydrogen) atoms. The molecule has 84 valence electrons. The molecule has 0 aliphatic carbocycles. The van der Waals surface area contributed by atoms with Gasteiger partial charge in [0.15, 0.2) is 0 Å². The number of carboxylic acids is 1. The molecule has 1 aromatic carbocycles. The normalized spacial score (nSPS) is 9.82. The number of fused-ring (bicyclic) bond motifs is 1. The Kier molecular flexibility index (Phi) is 2.93. The molecule has 0 amide bonds. The highest BCUT2D eigenvalue weighted by Gasteiger charge is 2.10. The zero-order chi connectivity index (χ0) is 12.3. The van der Waals surface area contributed by atoms with E-state index < -0.39 is 5.97 Å². The minimum Gasteiger partial charge on any atom is -0.478 e. The molecule has 0 spiro atoms. The zero-order valence-corrected chi connectivity index (χ0v) is 8.97. The van der Waals surface area contributed by atoms with Crippen molar-refractivity contribution in [1.82, 2.24) is 4.98 Å². The van der Waals surface area contributed by atoms with Crippen LogP contribution in [0.25, 0.3) is 10.9 Å². The minimum absolute atomic E-state index is 0.218. The van der Waals surface area contributed by atoms with Crippen LogP contribution in [-0.4, -0.2) is 22.6 Å². The summed E-state index contributed by atoms with van der Waals surface area (Å²) in [4.78, 5) is 15.4. The molecule has 1 heterocycles. The Labute approximate surface area is 98.3 Å². The number of rotatable bonds is 3. The predicted octanol–water partition coefficient (Wildman–Crippen LogP) is 1.98. The maximum atomic E-state index is 11.1. The molecule has 0 fully saturated rings. The number of terminal acetylenes is 1. The van der Waals surface area contributed by atoms with Gasteiger partial charge < -0.3 is 10.4 Å². The lowest BCUT2D eigenvalue weighted by molar-refractivity contribution is 0.0699. The number of anilines is 1. The molecule has 0 saturated carbocycles. The third-order valence-electron chi connectivity index (χ3n) is 2.32. The fourth-order valence-electron chi connectivity index (χ4n) is 1.58. The third kappa shape index (κ3) is 2.18. The van der Waals surface area contributed by atoms with Gasteiger partial charge in [-0.1, -0.05) is 24.1 Å². The van der Waals surface area contributed by atoms with E-state index in [9.17, 15) is 4.79 Å². The second-order valence-electron chi connectivity index (χ2n) is 3.44. The molecule has 0 unspecified atom stereocenters. The lowest BCUT2D eigenvalue weighted by Crippen LogP contribution is -2.05. The predicted molar refractivity (Wildman–Crippen MR) is 66.0 cm³/mol. The second kappa shape index (κ2) is 4.54. The molecule has 0 bridgehead atoms. The number of para-hydroxylation sites is 1. The number of pyridine rings is 1. The van der Waals surface area contributed by atoms with Gasteiger partial charge in [0.2, 0.25) is 0 Å². The van der Waals surface area contributed by atoms with Crippen molar-refractivity contribution in [3.8, 4) is 12.3 Å². The Bertz CT molecular complexity index is 614. The van der Waals surface area contributed by atoms with Crippen molar-refractivity contribution in [2.75, 3.05) is 11.9 Å². The van der Waals surface area contributed by atoms with Gasteiger partial charge in [-0.3, -0.25) is 0 Å². The van der Waals surface area contributed by atoms with Gasteiger partial charge in [-0.2, -0.15) is 0 Å². The van der Waals surface area contributed by atoms with Crippen LogP contribution >= 0.6 is 0 Å². The van der Waals surface area contributed by atoms with E-state index in [-0.39, 0.29) is 5.56 Å². The average Bonchev–Trinajstić information content (AvgIpc) is 2.35. The fourth-order valence-corrected chi connectivity index (χ4v) is 1.58. The molecule has 4 heteroatoms. The van der Waals surface area contributed by atoms with E-state index in [1.54, 1.807) is 18.2 Å². The summed E-state index contributed by atoms with van der Waals surface area (Å²) in [6, 6.07) is 8.58. The summed E-state index contributed by atoms with van der Waals surface area (Å²) in [5.41, 5.74) is 0.849. The van der Waals surface area contributed by atoms with Crippen LogP contribution in [0.1, 0.15) is 10.4 Å². The Morgan fingerprint density at radius 1 is 1.47 bits per heavy atom. The number of carbonyl (C=O) groups is 1. The van der Waals surface area contributed by atoms with Gasteiger partial charge >= 0.3 is 5.97 Å². The summed E-state index contributed by atoms with van der Waals surface area (Å²) in [5, 5.41) is 12.6. The lowest BCUT2D eigenvalue weighted by Gasteiger charge is -2.06. The topological polar surface area (TPSA) is 62.2 Å². The van der Waals surface area contributed by atoms with Crippen LogP contribution in [0.2, 0.25) is 0 Å². The van der Waals surface area contributed by atoms with E-state index in [4.69, 9.17) is 11.5 Å². The van der Waals surface area contributed by atoms with Gasteiger partial charge in [-0.25, -0.2) is 9.78 Å². The number of carboxylic acid groups (broad SMARTS) is 1. The van der Waals surface area contributed by atoms with Crippen LogP contribution in [-0.2, 0) is 0 Å². The van der Waals surface area contributed by atoms with Gasteiger partial charge in [0, 0.05) is 5.39 Å². The Balaban J connectivity index is 2.59. The number of nitrogens with zero attached hydrogens (tertiary/aromatic N) is 1. The summed E-state index contributed by atoms with van der Waals surface area (Å²) in [6.45, 7) is 0.310. The number of nitrogens with one attached hydrogen (secondary N) is 1. The van der Waals surface area contributed by atoms with Gasteiger partial charge in [-0.05, 0) is 12.1 Å². The van der Waals surface area contributed by atoms with Crippen molar-refractivity contribution >= 4 is 22.7 Å². The van der Waals surface area contributed by atoms with Gasteiger partial charge in [0.25, 0.3) is 0 Å². The summed E-state index contributed by atoms with van der Waals surface area (Å²) in [5.74, 6) is 1.91. The first-order valence-corrected chi connectivity index (χ1v) is 5.03. The van der Waals surface area contributed by atoms with Gasteiger partial charge in [0.1, 0.15) is 5.82 Å². The summed E-state index contributed by atoms with van der Waals surface area (Å²) >= 11 is 0. The number of aromatic carboxylic acids is 1. The number of hydrogen-bond donors (Lipinski definition) is 2. The molecule has 1 aromatic heterocycles. The quantitative estimate of drug-likeness (QED) is 0.785. The first-order chi connectivity index (χ1) is 8.22. The standard InChI is InChI=1S/C13H10N2O2/c1-2-7-14-12-8-10(13(16)17)9-5-3-4-6-11(9)15-12/h1,3-6,8H,7H2,(H,14,15)(H,16,17). The Hall–Kier alpha value is -2.54. The van der Waals surface area contributed by atoms with Crippen molar-refractivity contribution in [3.63, 3.8) is 0 Å². The van der Waals surface area contributed by atoms with E-state index in [1.165, 1.54) is 6.07 Å². The lowest BCUT2D eigenvalue weighted by atomic mass is 10.1. The SMILES string of the molecule is C#CCNc1cc(C(=O)O)c2ccccc2n1.